The van der Waals surface area contributed by atoms with Crippen LogP contribution in [0.1, 0.15) is 17.8 Å². The zero-order valence-electron chi connectivity index (χ0n) is 10.7. The maximum Gasteiger partial charge on any atom is 0.225 e. The Bertz CT molecular complexity index is 383. The van der Waals surface area contributed by atoms with Gasteiger partial charge in [0.05, 0.1) is 11.8 Å². The Morgan fingerprint density at radius 1 is 1.53 bits per heavy atom. The Morgan fingerprint density at radius 2 is 2.35 bits per heavy atom. The van der Waals surface area contributed by atoms with Gasteiger partial charge < -0.3 is 15.0 Å². The van der Waals surface area contributed by atoms with Gasteiger partial charge in [0.2, 0.25) is 5.95 Å². The van der Waals surface area contributed by atoms with E-state index >= 15 is 0 Å². The van der Waals surface area contributed by atoms with Crippen LogP contribution in [0.5, 0.6) is 0 Å². The molecule has 94 valence electrons. The molecule has 2 heterocycles. The van der Waals surface area contributed by atoms with E-state index in [4.69, 9.17) is 4.74 Å². The number of hydrogen-bond donors (Lipinski definition) is 1. The minimum absolute atomic E-state index is 0.312. The number of nitrogens with one attached hydrogen (secondary N) is 1. The van der Waals surface area contributed by atoms with Crippen molar-refractivity contribution in [2.75, 3.05) is 32.1 Å². The zero-order valence-corrected chi connectivity index (χ0v) is 10.7. The molecule has 17 heavy (non-hydrogen) atoms. The molecule has 5 heteroatoms. The van der Waals surface area contributed by atoms with Crippen LogP contribution in [-0.2, 0) is 11.3 Å². The molecule has 0 saturated carbocycles. The van der Waals surface area contributed by atoms with E-state index in [2.05, 4.69) is 20.2 Å². The molecule has 0 radical (unpaired) electrons. The lowest BCUT2D eigenvalue weighted by Crippen LogP contribution is -2.25. The van der Waals surface area contributed by atoms with Crippen molar-refractivity contribution in [3.8, 4) is 0 Å². The van der Waals surface area contributed by atoms with Crippen LogP contribution in [0.3, 0.4) is 0 Å². The maximum absolute atomic E-state index is 5.36. The Morgan fingerprint density at radius 3 is 3.00 bits per heavy atom. The first-order valence-electron chi connectivity index (χ1n) is 6.00. The summed E-state index contributed by atoms with van der Waals surface area (Å²) in [5, 5.41) is 3.12. The molecular weight excluding hydrogens is 216 g/mol. The summed E-state index contributed by atoms with van der Waals surface area (Å²) in [4.78, 5) is 11.3. The molecule has 1 saturated heterocycles. The van der Waals surface area contributed by atoms with Gasteiger partial charge in [0.1, 0.15) is 0 Å². The van der Waals surface area contributed by atoms with E-state index in [1.807, 2.05) is 20.0 Å². The minimum atomic E-state index is 0.312. The summed E-state index contributed by atoms with van der Waals surface area (Å²) in [6, 6.07) is 2.02. The zero-order chi connectivity index (χ0) is 12.3. The van der Waals surface area contributed by atoms with E-state index in [1.54, 1.807) is 7.11 Å². The summed E-state index contributed by atoms with van der Waals surface area (Å²) in [7, 11) is 3.69. The third-order valence-electron chi connectivity index (χ3n) is 3.01. The third-order valence-corrected chi connectivity index (χ3v) is 3.01. The van der Waals surface area contributed by atoms with Crippen LogP contribution < -0.4 is 10.2 Å². The Balaban J connectivity index is 2.15. The molecule has 1 aliphatic rings. The number of anilines is 1. The van der Waals surface area contributed by atoms with Gasteiger partial charge in [-0.3, -0.25) is 0 Å². The van der Waals surface area contributed by atoms with Gasteiger partial charge in [-0.25, -0.2) is 9.97 Å². The van der Waals surface area contributed by atoms with E-state index in [0.29, 0.717) is 6.10 Å². The summed E-state index contributed by atoms with van der Waals surface area (Å²) in [5.41, 5.74) is 2.05. The number of methoxy groups -OCH3 is 1. The molecule has 1 N–H and O–H groups in total. The monoisotopic (exact) mass is 236 g/mol. The molecule has 2 rings (SSSR count). The van der Waals surface area contributed by atoms with Crippen LogP contribution in [0, 0.1) is 6.92 Å². The van der Waals surface area contributed by atoms with E-state index in [0.717, 1.165) is 43.4 Å². The standard InChI is InChI=1S/C12H20N4O/c1-9-6-10(7-13-2)15-12(14-9)16-5-4-11(8-16)17-3/h6,11,13H,4-5,7-8H2,1-3H3. The van der Waals surface area contributed by atoms with Crippen molar-refractivity contribution in [1.29, 1.82) is 0 Å². The molecule has 0 aliphatic carbocycles. The molecule has 1 aromatic rings. The molecule has 1 fully saturated rings. The second kappa shape index (κ2) is 5.42. The van der Waals surface area contributed by atoms with Crippen molar-refractivity contribution in [3.63, 3.8) is 0 Å². The SMILES string of the molecule is CNCc1cc(C)nc(N2CCC(OC)C2)n1. The Kier molecular flexibility index (Phi) is 3.91. The van der Waals surface area contributed by atoms with Crippen LogP contribution in [0.2, 0.25) is 0 Å². The summed E-state index contributed by atoms with van der Waals surface area (Å²) in [6.07, 6.45) is 1.36. The summed E-state index contributed by atoms with van der Waals surface area (Å²) in [5.74, 6) is 0.829. The number of nitrogens with zero attached hydrogens (tertiary/aromatic N) is 3. The Labute approximate surface area is 102 Å². The molecule has 0 spiro atoms. The quantitative estimate of drug-likeness (QED) is 0.835. The van der Waals surface area contributed by atoms with Gasteiger partial charge in [0.25, 0.3) is 0 Å². The number of aryl methyl sites for hydroxylation is 1. The van der Waals surface area contributed by atoms with E-state index in [9.17, 15) is 0 Å². The predicted molar refractivity (Wildman–Crippen MR) is 67.2 cm³/mol. The van der Waals surface area contributed by atoms with Gasteiger partial charge in [0.15, 0.2) is 0 Å². The molecular formula is C12H20N4O. The molecule has 0 bridgehead atoms. The highest BCUT2D eigenvalue weighted by Gasteiger charge is 2.24. The van der Waals surface area contributed by atoms with Crippen LogP contribution in [-0.4, -0.2) is 43.3 Å². The maximum atomic E-state index is 5.36. The first kappa shape index (κ1) is 12.3. The largest absolute Gasteiger partial charge is 0.380 e. The van der Waals surface area contributed by atoms with E-state index in [1.165, 1.54) is 0 Å². The van der Waals surface area contributed by atoms with Crippen LogP contribution in [0.15, 0.2) is 6.07 Å². The summed E-state index contributed by atoms with van der Waals surface area (Å²) >= 11 is 0. The minimum Gasteiger partial charge on any atom is -0.380 e. The lowest BCUT2D eigenvalue weighted by atomic mass is 10.3. The highest BCUT2D eigenvalue weighted by molar-refractivity contribution is 5.34. The number of hydrogen-bond acceptors (Lipinski definition) is 5. The van der Waals surface area contributed by atoms with Gasteiger partial charge in [-0.1, -0.05) is 0 Å². The van der Waals surface area contributed by atoms with Gasteiger partial charge >= 0.3 is 0 Å². The molecule has 0 amide bonds. The van der Waals surface area contributed by atoms with Crippen molar-refractivity contribution in [1.82, 2.24) is 15.3 Å². The van der Waals surface area contributed by atoms with E-state index < -0.39 is 0 Å². The summed E-state index contributed by atoms with van der Waals surface area (Å²) in [6.45, 7) is 4.64. The lowest BCUT2D eigenvalue weighted by Gasteiger charge is -2.17. The second-order valence-electron chi connectivity index (χ2n) is 4.42. The van der Waals surface area contributed by atoms with Crippen molar-refractivity contribution in [3.05, 3.63) is 17.5 Å². The molecule has 1 aromatic heterocycles. The smallest absolute Gasteiger partial charge is 0.225 e. The molecule has 1 atom stereocenters. The van der Waals surface area contributed by atoms with Crippen molar-refractivity contribution >= 4 is 5.95 Å². The van der Waals surface area contributed by atoms with Gasteiger partial charge in [-0.15, -0.1) is 0 Å². The summed E-state index contributed by atoms with van der Waals surface area (Å²) < 4.78 is 5.36. The fourth-order valence-corrected chi connectivity index (χ4v) is 2.13. The predicted octanol–water partition coefficient (Wildman–Crippen LogP) is 0.730. The van der Waals surface area contributed by atoms with Crippen molar-refractivity contribution in [2.24, 2.45) is 0 Å². The molecule has 1 unspecified atom stereocenters. The first-order chi connectivity index (χ1) is 8.22. The van der Waals surface area contributed by atoms with Gasteiger partial charge in [-0.05, 0) is 26.5 Å². The van der Waals surface area contributed by atoms with Crippen LogP contribution >= 0.6 is 0 Å². The topological polar surface area (TPSA) is 50.3 Å². The van der Waals surface area contributed by atoms with Crippen LogP contribution in [0.4, 0.5) is 5.95 Å². The Hall–Kier alpha value is -1.20. The molecule has 5 nitrogen and oxygen atoms in total. The van der Waals surface area contributed by atoms with E-state index in [-0.39, 0.29) is 0 Å². The first-order valence-corrected chi connectivity index (χ1v) is 6.00. The fourth-order valence-electron chi connectivity index (χ4n) is 2.13. The van der Waals surface area contributed by atoms with Crippen LogP contribution in [0.25, 0.3) is 0 Å². The lowest BCUT2D eigenvalue weighted by molar-refractivity contribution is 0.121. The average Bonchev–Trinajstić information content (AvgIpc) is 2.77. The highest BCUT2D eigenvalue weighted by atomic mass is 16.5. The van der Waals surface area contributed by atoms with Crippen molar-refractivity contribution in [2.45, 2.75) is 26.0 Å². The molecule has 0 aromatic carbocycles. The third kappa shape index (κ3) is 2.92. The fraction of sp³-hybridized carbons (Fsp3) is 0.667. The average molecular weight is 236 g/mol. The number of ether oxygens (including phenoxy) is 1. The number of aromatic nitrogens is 2. The highest BCUT2D eigenvalue weighted by Crippen LogP contribution is 2.18. The molecule has 1 aliphatic heterocycles. The van der Waals surface area contributed by atoms with Gasteiger partial charge in [0, 0.05) is 32.4 Å². The second-order valence-corrected chi connectivity index (χ2v) is 4.42. The normalized spacial score (nSPS) is 19.9. The number of rotatable bonds is 4. The van der Waals surface area contributed by atoms with Crippen molar-refractivity contribution < 1.29 is 4.74 Å². The van der Waals surface area contributed by atoms with Gasteiger partial charge in [-0.2, -0.15) is 0 Å².